The van der Waals surface area contributed by atoms with Crippen LogP contribution in [0.25, 0.3) is 0 Å². The summed E-state index contributed by atoms with van der Waals surface area (Å²) in [6.45, 7) is 1.95. The zero-order valence-electron chi connectivity index (χ0n) is 6.34. The minimum atomic E-state index is -1.58. The molecule has 1 rings (SSSR count). The van der Waals surface area contributed by atoms with Crippen LogP contribution in [0.2, 0.25) is 0 Å². The zero-order valence-corrected chi connectivity index (χ0v) is 8.60. The van der Waals surface area contributed by atoms with Crippen LogP contribution in [0.1, 0.15) is 19.8 Å². The van der Waals surface area contributed by atoms with E-state index in [1.807, 2.05) is 6.92 Å². The van der Waals surface area contributed by atoms with E-state index in [4.69, 9.17) is 34.8 Å². The lowest BCUT2D eigenvalue weighted by Crippen LogP contribution is -2.37. The molecule has 0 atom stereocenters. The summed E-state index contributed by atoms with van der Waals surface area (Å²) in [6, 6.07) is 0. The maximum atomic E-state index is 5.70. The Morgan fingerprint density at radius 3 is 2.00 bits per heavy atom. The van der Waals surface area contributed by atoms with E-state index in [-0.39, 0.29) is 0 Å². The SMILES string of the molecule is CCCC1(C(Cl)(Cl)Cl)N=NN=N1. The molecule has 0 saturated heterocycles. The van der Waals surface area contributed by atoms with Gasteiger partial charge in [-0.25, -0.2) is 0 Å². The molecule has 0 N–H and O–H groups in total. The molecule has 0 unspecified atom stereocenters. The van der Waals surface area contributed by atoms with Crippen molar-refractivity contribution in [3.63, 3.8) is 0 Å². The average Bonchev–Trinajstić information content (AvgIpc) is 2.36. The summed E-state index contributed by atoms with van der Waals surface area (Å²) in [5.41, 5.74) is -1.10. The first-order valence-electron chi connectivity index (χ1n) is 3.42. The van der Waals surface area contributed by atoms with Crippen LogP contribution in [-0.4, -0.2) is 9.46 Å². The summed E-state index contributed by atoms with van der Waals surface area (Å²) in [4.78, 5) is 0. The van der Waals surface area contributed by atoms with Crippen molar-refractivity contribution in [3.8, 4) is 0 Å². The summed E-state index contributed by atoms with van der Waals surface area (Å²) in [6.07, 6.45) is 1.32. The highest BCUT2D eigenvalue weighted by molar-refractivity contribution is 6.68. The standard InChI is InChI=1S/C5H7Cl3N4/c1-2-3-4(5(6,7)8)9-11-12-10-4/h2-3H2,1H3. The highest BCUT2D eigenvalue weighted by atomic mass is 35.6. The van der Waals surface area contributed by atoms with E-state index in [9.17, 15) is 0 Å². The largest absolute Gasteiger partial charge is 0.241 e. The molecule has 7 heteroatoms. The second kappa shape index (κ2) is 3.44. The lowest BCUT2D eigenvalue weighted by Gasteiger charge is -2.26. The Bertz CT molecular complexity index is 207. The van der Waals surface area contributed by atoms with Crippen molar-refractivity contribution >= 4 is 34.8 Å². The van der Waals surface area contributed by atoms with Gasteiger partial charge in [-0.05, 0) is 10.4 Å². The van der Waals surface area contributed by atoms with Crippen LogP contribution in [-0.2, 0) is 0 Å². The second-order valence-corrected chi connectivity index (χ2v) is 4.72. The quantitative estimate of drug-likeness (QED) is 0.649. The summed E-state index contributed by atoms with van der Waals surface area (Å²) >= 11 is 17.1. The van der Waals surface area contributed by atoms with Crippen LogP contribution in [0.4, 0.5) is 0 Å². The van der Waals surface area contributed by atoms with Gasteiger partial charge in [-0.15, -0.1) is 10.2 Å². The zero-order chi connectivity index (χ0) is 9.24. The van der Waals surface area contributed by atoms with Crippen LogP contribution in [0.15, 0.2) is 20.7 Å². The van der Waals surface area contributed by atoms with Crippen LogP contribution >= 0.6 is 34.8 Å². The topological polar surface area (TPSA) is 49.4 Å². The Labute approximate surface area is 85.0 Å². The van der Waals surface area contributed by atoms with E-state index in [2.05, 4.69) is 20.7 Å². The van der Waals surface area contributed by atoms with Gasteiger partial charge in [0.1, 0.15) is 0 Å². The van der Waals surface area contributed by atoms with Gasteiger partial charge in [0.2, 0.25) is 9.46 Å². The molecule has 1 aliphatic heterocycles. The van der Waals surface area contributed by atoms with Crippen molar-refractivity contribution in [2.45, 2.75) is 29.2 Å². The number of halogens is 3. The predicted molar refractivity (Wildman–Crippen MR) is 47.6 cm³/mol. The highest BCUT2D eigenvalue weighted by Gasteiger charge is 2.51. The molecule has 0 spiro atoms. The lowest BCUT2D eigenvalue weighted by molar-refractivity contribution is 0.411. The normalized spacial score (nSPS) is 20.3. The van der Waals surface area contributed by atoms with Gasteiger partial charge in [-0.1, -0.05) is 48.1 Å². The van der Waals surface area contributed by atoms with Gasteiger partial charge >= 0.3 is 0 Å². The third-order valence-electron chi connectivity index (χ3n) is 1.51. The van der Waals surface area contributed by atoms with Crippen molar-refractivity contribution in [2.24, 2.45) is 20.7 Å². The highest BCUT2D eigenvalue weighted by Crippen LogP contribution is 2.46. The maximum Gasteiger partial charge on any atom is 0.241 e. The molecule has 0 aromatic carbocycles. The van der Waals surface area contributed by atoms with E-state index in [1.54, 1.807) is 0 Å². The first-order valence-corrected chi connectivity index (χ1v) is 4.56. The number of nitrogens with zero attached hydrogens (tertiary/aromatic N) is 4. The lowest BCUT2D eigenvalue weighted by atomic mass is 10.1. The van der Waals surface area contributed by atoms with Crippen LogP contribution in [0.3, 0.4) is 0 Å². The minimum absolute atomic E-state index is 0.524. The maximum absolute atomic E-state index is 5.70. The third kappa shape index (κ3) is 1.70. The average molecular weight is 229 g/mol. The Balaban J connectivity index is 2.88. The third-order valence-corrected chi connectivity index (χ3v) is 2.42. The van der Waals surface area contributed by atoms with Gasteiger partial charge in [0.15, 0.2) is 0 Å². The Morgan fingerprint density at radius 1 is 1.17 bits per heavy atom. The Hall–Kier alpha value is 0.0700. The van der Waals surface area contributed by atoms with Crippen LogP contribution in [0.5, 0.6) is 0 Å². The minimum Gasteiger partial charge on any atom is -0.130 e. The molecule has 0 aromatic heterocycles. The molecule has 0 aromatic rings. The molecule has 0 aliphatic carbocycles. The van der Waals surface area contributed by atoms with Gasteiger partial charge in [0.25, 0.3) is 0 Å². The molecule has 0 fully saturated rings. The molecule has 1 heterocycles. The molecular formula is C5H7Cl3N4. The van der Waals surface area contributed by atoms with Crippen molar-refractivity contribution in [3.05, 3.63) is 0 Å². The van der Waals surface area contributed by atoms with E-state index in [0.717, 1.165) is 6.42 Å². The van der Waals surface area contributed by atoms with E-state index in [0.29, 0.717) is 6.42 Å². The fourth-order valence-corrected chi connectivity index (χ4v) is 1.42. The van der Waals surface area contributed by atoms with Crippen LogP contribution < -0.4 is 0 Å². The van der Waals surface area contributed by atoms with Crippen molar-refractivity contribution in [1.29, 1.82) is 0 Å². The van der Waals surface area contributed by atoms with Gasteiger partial charge < -0.3 is 0 Å². The Kier molecular flexibility index (Phi) is 2.91. The first kappa shape index (κ1) is 10.2. The molecule has 12 heavy (non-hydrogen) atoms. The summed E-state index contributed by atoms with van der Waals surface area (Å²) in [5, 5.41) is 14.2. The number of hydrogen-bond donors (Lipinski definition) is 0. The fourth-order valence-electron chi connectivity index (χ4n) is 0.912. The summed E-state index contributed by atoms with van der Waals surface area (Å²) in [5.74, 6) is 0. The number of alkyl halides is 3. The van der Waals surface area contributed by atoms with Crippen molar-refractivity contribution in [1.82, 2.24) is 0 Å². The van der Waals surface area contributed by atoms with Crippen LogP contribution in [0, 0.1) is 0 Å². The second-order valence-electron chi connectivity index (χ2n) is 2.44. The van der Waals surface area contributed by atoms with Gasteiger partial charge in [0, 0.05) is 6.42 Å². The molecule has 0 amide bonds. The molecule has 0 radical (unpaired) electrons. The molecule has 1 aliphatic rings. The number of hydrogen-bond acceptors (Lipinski definition) is 4. The van der Waals surface area contributed by atoms with Gasteiger partial charge in [-0.2, -0.15) is 0 Å². The molecule has 4 nitrogen and oxygen atoms in total. The van der Waals surface area contributed by atoms with Gasteiger partial charge in [-0.3, -0.25) is 0 Å². The van der Waals surface area contributed by atoms with E-state index >= 15 is 0 Å². The monoisotopic (exact) mass is 228 g/mol. The summed E-state index contributed by atoms with van der Waals surface area (Å²) in [7, 11) is 0. The smallest absolute Gasteiger partial charge is 0.130 e. The van der Waals surface area contributed by atoms with Gasteiger partial charge in [0.05, 0.1) is 0 Å². The molecule has 0 saturated carbocycles. The summed E-state index contributed by atoms with van der Waals surface area (Å²) < 4.78 is -1.58. The Morgan fingerprint density at radius 2 is 1.67 bits per heavy atom. The number of rotatable bonds is 2. The van der Waals surface area contributed by atoms with E-state index < -0.39 is 9.46 Å². The van der Waals surface area contributed by atoms with E-state index in [1.165, 1.54) is 0 Å². The van der Waals surface area contributed by atoms with Crippen molar-refractivity contribution < 1.29 is 0 Å². The molecule has 68 valence electrons. The molecular weight excluding hydrogens is 222 g/mol. The first-order chi connectivity index (χ1) is 5.52. The fraction of sp³-hybridized carbons (Fsp3) is 1.00. The van der Waals surface area contributed by atoms with Crippen molar-refractivity contribution in [2.75, 3.05) is 0 Å². The molecule has 0 bridgehead atoms. The predicted octanol–water partition coefficient (Wildman–Crippen LogP) is 3.69.